The molecule has 0 bridgehead atoms. The first-order valence-corrected chi connectivity index (χ1v) is 6.86. The molecule has 0 aliphatic heterocycles. The Hall–Kier alpha value is -0.200. The van der Waals surface area contributed by atoms with E-state index in [0.717, 1.165) is 0 Å². The van der Waals surface area contributed by atoms with E-state index in [0.29, 0.717) is 51.4 Å². The lowest BCUT2D eigenvalue weighted by Gasteiger charge is -2.16. The highest BCUT2D eigenvalue weighted by molar-refractivity contribution is 4.65. The van der Waals surface area contributed by atoms with Gasteiger partial charge in [0.05, 0.1) is 18.3 Å². The van der Waals surface area contributed by atoms with Crippen LogP contribution in [0.25, 0.3) is 0 Å². The molecule has 0 rings (SSSR count). The fourth-order valence-corrected chi connectivity index (χ4v) is 1.86. The van der Waals surface area contributed by atoms with Gasteiger partial charge < -0.3 is 25.5 Å². The maximum Gasteiger partial charge on any atom is 0.0542 e. The molecule has 0 spiro atoms. The van der Waals surface area contributed by atoms with Crippen molar-refractivity contribution in [1.29, 1.82) is 0 Å². The Bertz CT molecular complexity index is 159. The average Bonchev–Trinajstić information content (AvgIpc) is 2.37. The molecule has 0 saturated heterocycles. The van der Waals surface area contributed by atoms with Gasteiger partial charge in [-0.15, -0.1) is 0 Å². The van der Waals surface area contributed by atoms with Crippen molar-refractivity contribution in [2.75, 3.05) is 13.2 Å². The van der Waals surface area contributed by atoms with Crippen molar-refractivity contribution < 1.29 is 25.5 Å². The Morgan fingerprint density at radius 3 is 1.06 bits per heavy atom. The van der Waals surface area contributed by atoms with Gasteiger partial charge in [-0.05, 0) is 51.4 Å². The molecule has 0 aromatic rings. The molecule has 5 heteroatoms. The predicted molar refractivity (Wildman–Crippen MR) is 69.1 cm³/mol. The number of aliphatic hydroxyl groups is 5. The van der Waals surface area contributed by atoms with Crippen molar-refractivity contribution in [3.63, 3.8) is 0 Å². The SMILES string of the molecule is OCCCC(O)CCC(O)CCC(O)CCCO. The molecule has 110 valence electrons. The van der Waals surface area contributed by atoms with E-state index in [2.05, 4.69) is 0 Å². The van der Waals surface area contributed by atoms with Gasteiger partial charge in [-0.1, -0.05) is 0 Å². The zero-order valence-electron chi connectivity index (χ0n) is 11.0. The van der Waals surface area contributed by atoms with Crippen molar-refractivity contribution in [1.82, 2.24) is 0 Å². The molecule has 0 fully saturated rings. The third kappa shape index (κ3) is 10.9. The Morgan fingerprint density at radius 2 is 0.778 bits per heavy atom. The summed E-state index contributed by atoms with van der Waals surface area (Å²) in [6.07, 6.45) is 2.91. The standard InChI is InChI=1S/C13H28O5/c14-9-1-3-11(16)5-7-13(18)8-6-12(17)4-2-10-15/h11-18H,1-10H2. The largest absolute Gasteiger partial charge is 0.396 e. The Labute approximate surface area is 109 Å². The van der Waals surface area contributed by atoms with Crippen molar-refractivity contribution in [2.45, 2.75) is 69.7 Å². The monoisotopic (exact) mass is 264 g/mol. The summed E-state index contributed by atoms with van der Waals surface area (Å²) in [5.74, 6) is 0. The molecule has 0 aromatic heterocycles. The molecule has 5 nitrogen and oxygen atoms in total. The van der Waals surface area contributed by atoms with E-state index in [9.17, 15) is 15.3 Å². The third-order valence-electron chi connectivity index (χ3n) is 3.06. The summed E-state index contributed by atoms with van der Waals surface area (Å²) in [4.78, 5) is 0. The number of hydrogen-bond acceptors (Lipinski definition) is 5. The van der Waals surface area contributed by atoms with Gasteiger partial charge in [-0.25, -0.2) is 0 Å². The quantitative estimate of drug-likeness (QED) is 0.346. The van der Waals surface area contributed by atoms with Crippen molar-refractivity contribution in [3.8, 4) is 0 Å². The van der Waals surface area contributed by atoms with Crippen LogP contribution in [-0.2, 0) is 0 Å². The molecule has 2 unspecified atom stereocenters. The second kappa shape index (κ2) is 11.9. The maximum absolute atomic E-state index is 9.68. The lowest BCUT2D eigenvalue weighted by molar-refractivity contribution is 0.0793. The summed E-state index contributed by atoms with van der Waals surface area (Å²) < 4.78 is 0. The van der Waals surface area contributed by atoms with Gasteiger partial charge in [-0.3, -0.25) is 0 Å². The van der Waals surface area contributed by atoms with Crippen LogP contribution in [0.5, 0.6) is 0 Å². The van der Waals surface area contributed by atoms with E-state index in [1.54, 1.807) is 0 Å². The van der Waals surface area contributed by atoms with E-state index in [1.807, 2.05) is 0 Å². The minimum absolute atomic E-state index is 0.0800. The van der Waals surface area contributed by atoms with Crippen LogP contribution in [0.4, 0.5) is 0 Å². The van der Waals surface area contributed by atoms with Crippen molar-refractivity contribution in [2.24, 2.45) is 0 Å². The van der Waals surface area contributed by atoms with Gasteiger partial charge in [0.25, 0.3) is 0 Å². The summed E-state index contributed by atoms with van der Waals surface area (Å²) in [7, 11) is 0. The topological polar surface area (TPSA) is 101 Å². The first-order chi connectivity index (χ1) is 8.60. The molecule has 0 aromatic carbocycles. The normalized spacial score (nSPS) is 16.5. The fraction of sp³-hybridized carbons (Fsp3) is 1.00. The number of rotatable bonds is 12. The molecule has 2 atom stereocenters. The third-order valence-corrected chi connectivity index (χ3v) is 3.06. The summed E-state index contributed by atoms with van der Waals surface area (Å²) >= 11 is 0. The molecule has 18 heavy (non-hydrogen) atoms. The average molecular weight is 264 g/mol. The summed E-state index contributed by atoms with van der Waals surface area (Å²) in [5.41, 5.74) is 0. The predicted octanol–water partition coefficient (Wildman–Crippen LogP) is 0.174. The van der Waals surface area contributed by atoms with Crippen LogP contribution in [0.3, 0.4) is 0 Å². The minimum Gasteiger partial charge on any atom is -0.396 e. The minimum atomic E-state index is -0.502. The van der Waals surface area contributed by atoms with Crippen LogP contribution in [0.1, 0.15) is 51.4 Å². The maximum atomic E-state index is 9.68. The highest BCUT2D eigenvalue weighted by Crippen LogP contribution is 2.13. The first-order valence-electron chi connectivity index (χ1n) is 6.86. The molecule has 0 amide bonds. The smallest absolute Gasteiger partial charge is 0.0542 e. The van der Waals surface area contributed by atoms with E-state index in [4.69, 9.17) is 10.2 Å². The zero-order valence-corrected chi connectivity index (χ0v) is 11.0. The second-order valence-corrected chi connectivity index (χ2v) is 4.85. The summed E-state index contributed by atoms with van der Waals surface area (Å²) in [6, 6.07) is 0. The Morgan fingerprint density at radius 1 is 0.500 bits per heavy atom. The Balaban J connectivity index is 3.49. The van der Waals surface area contributed by atoms with Gasteiger partial charge in [0.1, 0.15) is 0 Å². The van der Waals surface area contributed by atoms with Crippen LogP contribution < -0.4 is 0 Å². The lowest BCUT2D eigenvalue weighted by Crippen LogP contribution is -2.16. The van der Waals surface area contributed by atoms with Crippen LogP contribution >= 0.6 is 0 Å². The van der Waals surface area contributed by atoms with E-state index < -0.39 is 18.3 Å². The molecule has 5 N–H and O–H groups in total. The van der Waals surface area contributed by atoms with Gasteiger partial charge in [0, 0.05) is 13.2 Å². The van der Waals surface area contributed by atoms with E-state index in [1.165, 1.54) is 0 Å². The highest BCUT2D eigenvalue weighted by Gasteiger charge is 2.11. The van der Waals surface area contributed by atoms with Gasteiger partial charge in [0.2, 0.25) is 0 Å². The second-order valence-electron chi connectivity index (χ2n) is 4.85. The van der Waals surface area contributed by atoms with Crippen LogP contribution in [-0.4, -0.2) is 57.1 Å². The van der Waals surface area contributed by atoms with Crippen LogP contribution in [0, 0.1) is 0 Å². The van der Waals surface area contributed by atoms with Crippen LogP contribution in [0.2, 0.25) is 0 Å². The molecule has 0 heterocycles. The fourth-order valence-electron chi connectivity index (χ4n) is 1.86. The molecule has 0 radical (unpaired) electrons. The number of aliphatic hydroxyl groups excluding tert-OH is 5. The van der Waals surface area contributed by atoms with Gasteiger partial charge >= 0.3 is 0 Å². The highest BCUT2D eigenvalue weighted by atomic mass is 16.3. The lowest BCUT2D eigenvalue weighted by atomic mass is 10.0. The molecule has 0 aliphatic carbocycles. The molecule has 0 saturated carbocycles. The Kier molecular flexibility index (Phi) is 11.7. The van der Waals surface area contributed by atoms with Crippen molar-refractivity contribution in [3.05, 3.63) is 0 Å². The van der Waals surface area contributed by atoms with Gasteiger partial charge in [0.15, 0.2) is 0 Å². The van der Waals surface area contributed by atoms with Crippen molar-refractivity contribution >= 4 is 0 Å². The molecular formula is C13H28O5. The molecule has 0 aliphatic rings. The molecular weight excluding hydrogens is 236 g/mol. The summed E-state index contributed by atoms with van der Waals surface area (Å²) in [6.45, 7) is 0.160. The zero-order chi connectivity index (χ0) is 13.8. The summed E-state index contributed by atoms with van der Waals surface area (Å²) in [5, 5.41) is 45.9. The van der Waals surface area contributed by atoms with E-state index >= 15 is 0 Å². The number of hydrogen-bond donors (Lipinski definition) is 5. The first kappa shape index (κ1) is 17.8. The van der Waals surface area contributed by atoms with Crippen LogP contribution in [0.15, 0.2) is 0 Å². The van der Waals surface area contributed by atoms with E-state index in [-0.39, 0.29) is 13.2 Å². The van der Waals surface area contributed by atoms with Gasteiger partial charge in [-0.2, -0.15) is 0 Å².